The molecule has 3 heteroatoms. The van der Waals surface area contributed by atoms with Gasteiger partial charge < -0.3 is 10.4 Å². The van der Waals surface area contributed by atoms with Crippen molar-refractivity contribution in [2.75, 3.05) is 13.1 Å². The third-order valence-corrected chi connectivity index (χ3v) is 3.68. The van der Waals surface area contributed by atoms with Crippen LogP contribution in [0.4, 0.5) is 0 Å². The van der Waals surface area contributed by atoms with Crippen LogP contribution in [0.1, 0.15) is 46.0 Å². The van der Waals surface area contributed by atoms with E-state index in [2.05, 4.69) is 11.4 Å². The van der Waals surface area contributed by atoms with Crippen molar-refractivity contribution in [3.8, 4) is 6.07 Å². The van der Waals surface area contributed by atoms with Crippen LogP contribution in [-0.4, -0.2) is 23.8 Å². The minimum atomic E-state index is -0.567. The van der Waals surface area contributed by atoms with Crippen molar-refractivity contribution in [1.82, 2.24) is 5.32 Å². The van der Waals surface area contributed by atoms with E-state index in [1.807, 2.05) is 13.8 Å². The summed E-state index contributed by atoms with van der Waals surface area (Å²) in [4.78, 5) is 0. The molecular formula is C12H22N2O. The Morgan fingerprint density at radius 3 is 2.40 bits per heavy atom. The highest BCUT2D eigenvalue weighted by Gasteiger charge is 2.42. The average molecular weight is 210 g/mol. The van der Waals surface area contributed by atoms with E-state index in [1.165, 1.54) is 0 Å². The van der Waals surface area contributed by atoms with Crippen LogP contribution < -0.4 is 5.32 Å². The van der Waals surface area contributed by atoms with Gasteiger partial charge in [0.05, 0.1) is 11.7 Å². The molecule has 0 aromatic heterocycles. The molecule has 0 saturated heterocycles. The molecule has 3 nitrogen and oxygen atoms in total. The van der Waals surface area contributed by atoms with Gasteiger partial charge in [0.25, 0.3) is 0 Å². The van der Waals surface area contributed by atoms with Crippen molar-refractivity contribution in [1.29, 1.82) is 5.26 Å². The Morgan fingerprint density at radius 1 is 1.40 bits per heavy atom. The van der Waals surface area contributed by atoms with Crippen molar-refractivity contribution < 1.29 is 5.11 Å². The minimum absolute atomic E-state index is 0.233. The summed E-state index contributed by atoms with van der Waals surface area (Å²) in [7, 11) is 0. The van der Waals surface area contributed by atoms with Gasteiger partial charge in [0.1, 0.15) is 0 Å². The molecule has 0 unspecified atom stereocenters. The van der Waals surface area contributed by atoms with Crippen molar-refractivity contribution in [2.24, 2.45) is 5.41 Å². The van der Waals surface area contributed by atoms with Gasteiger partial charge in [-0.1, -0.05) is 13.8 Å². The highest BCUT2D eigenvalue weighted by Crippen LogP contribution is 2.47. The van der Waals surface area contributed by atoms with E-state index >= 15 is 0 Å². The highest BCUT2D eigenvalue weighted by atomic mass is 16.3. The molecule has 1 aliphatic rings. The van der Waals surface area contributed by atoms with Crippen molar-refractivity contribution >= 4 is 0 Å². The maximum atomic E-state index is 10.0. The van der Waals surface area contributed by atoms with Crippen LogP contribution in [0.3, 0.4) is 0 Å². The molecule has 15 heavy (non-hydrogen) atoms. The molecule has 0 aliphatic heterocycles. The number of rotatable bonds is 7. The van der Waals surface area contributed by atoms with E-state index < -0.39 is 5.60 Å². The first-order valence-electron chi connectivity index (χ1n) is 5.90. The van der Waals surface area contributed by atoms with Crippen molar-refractivity contribution in [3.05, 3.63) is 0 Å². The molecule has 0 bridgehead atoms. The van der Waals surface area contributed by atoms with Gasteiger partial charge in [-0.25, -0.2) is 0 Å². The number of hydrogen-bond donors (Lipinski definition) is 2. The second-order valence-corrected chi connectivity index (χ2v) is 4.87. The second-order valence-electron chi connectivity index (χ2n) is 4.87. The van der Waals surface area contributed by atoms with E-state index in [-0.39, 0.29) is 5.41 Å². The predicted octanol–water partition coefficient (Wildman–Crippen LogP) is 1.82. The van der Waals surface area contributed by atoms with Crippen LogP contribution in [0, 0.1) is 16.7 Å². The van der Waals surface area contributed by atoms with Crippen LogP contribution in [0.15, 0.2) is 0 Å². The van der Waals surface area contributed by atoms with E-state index in [1.54, 1.807) is 0 Å². The number of nitrogens with one attached hydrogen (secondary N) is 1. The molecule has 0 heterocycles. The standard InChI is InChI=1S/C12H22N2O/c1-3-12(15,4-2)10-14-9-11(5-6-11)7-8-13/h14-15H,3-7,9-10H2,1-2H3. The molecule has 86 valence electrons. The molecular weight excluding hydrogens is 188 g/mol. The summed E-state index contributed by atoms with van der Waals surface area (Å²) < 4.78 is 0. The van der Waals surface area contributed by atoms with Gasteiger partial charge in [0.15, 0.2) is 0 Å². The first kappa shape index (κ1) is 12.5. The van der Waals surface area contributed by atoms with Crippen molar-refractivity contribution in [2.45, 2.75) is 51.6 Å². The van der Waals surface area contributed by atoms with Crippen LogP contribution >= 0.6 is 0 Å². The van der Waals surface area contributed by atoms with E-state index in [0.29, 0.717) is 13.0 Å². The predicted molar refractivity (Wildman–Crippen MR) is 60.3 cm³/mol. The molecule has 1 saturated carbocycles. The molecule has 1 fully saturated rings. The van der Waals surface area contributed by atoms with Gasteiger partial charge in [0.2, 0.25) is 0 Å². The van der Waals surface area contributed by atoms with E-state index in [4.69, 9.17) is 5.26 Å². The molecule has 0 aromatic carbocycles. The van der Waals surface area contributed by atoms with Crippen LogP contribution in [-0.2, 0) is 0 Å². The molecule has 0 atom stereocenters. The highest BCUT2D eigenvalue weighted by molar-refractivity contribution is 5.01. The van der Waals surface area contributed by atoms with Crippen LogP contribution in [0.5, 0.6) is 0 Å². The fourth-order valence-electron chi connectivity index (χ4n) is 1.82. The summed E-state index contributed by atoms with van der Waals surface area (Å²) in [6.45, 7) is 5.54. The molecule has 1 aliphatic carbocycles. The summed E-state index contributed by atoms with van der Waals surface area (Å²) >= 11 is 0. The van der Waals surface area contributed by atoms with Crippen LogP contribution in [0.2, 0.25) is 0 Å². The minimum Gasteiger partial charge on any atom is -0.389 e. The first-order valence-corrected chi connectivity index (χ1v) is 5.90. The fraction of sp³-hybridized carbons (Fsp3) is 0.917. The topological polar surface area (TPSA) is 56.0 Å². The molecule has 0 amide bonds. The monoisotopic (exact) mass is 210 g/mol. The molecule has 0 spiro atoms. The summed E-state index contributed by atoms with van der Waals surface area (Å²) in [6, 6.07) is 2.24. The Kier molecular flexibility index (Phi) is 4.12. The maximum Gasteiger partial charge on any atom is 0.0766 e. The zero-order valence-corrected chi connectivity index (χ0v) is 9.84. The normalized spacial score (nSPS) is 18.5. The lowest BCUT2D eigenvalue weighted by molar-refractivity contribution is 0.0316. The lowest BCUT2D eigenvalue weighted by Crippen LogP contribution is -2.41. The Bertz CT molecular complexity index is 236. The summed E-state index contributed by atoms with van der Waals surface area (Å²) in [5, 5.41) is 22.0. The maximum absolute atomic E-state index is 10.0. The lowest BCUT2D eigenvalue weighted by Gasteiger charge is -2.26. The van der Waals surface area contributed by atoms with Gasteiger partial charge in [-0.05, 0) is 31.1 Å². The van der Waals surface area contributed by atoms with Gasteiger partial charge in [-0.15, -0.1) is 0 Å². The smallest absolute Gasteiger partial charge is 0.0766 e. The van der Waals surface area contributed by atoms with Gasteiger partial charge in [0, 0.05) is 19.5 Å². The second kappa shape index (κ2) is 4.96. The van der Waals surface area contributed by atoms with Gasteiger partial charge >= 0.3 is 0 Å². The Hall–Kier alpha value is -0.590. The Morgan fingerprint density at radius 2 is 2.00 bits per heavy atom. The van der Waals surface area contributed by atoms with Crippen molar-refractivity contribution in [3.63, 3.8) is 0 Å². The zero-order chi connectivity index (χ0) is 11.4. The van der Waals surface area contributed by atoms with E-state index in [9.17, 15) is 5.11 Å². The van der Waals surface area contributed by atoms with Gasteiger partial charge in [-0.3, -0.25) is 0 Å². The molecule has 0 radical (unpaired) electrons. The van der Waals surface area contributed by atoms with Gasteiger partial charge in [-0.2, -0.15) is 5.26 Å². The average Bonchev–Trinajstić information content (AvgIpc) is 2.99. The first-order chi connectivity index (χ1) is 7.10. The third kappa shape index (κ3) is 3.48. The van der Waals surface area contributed by atoms with Crippen LogP contribution in [0.25, 0.3) is 0 Å². The number of nitrogens with zero attached hydrogens (tertiary/aromatic N) is 1. The largest absolute Gasteiger partial charge is 0.389 e. The number of hydrogen-bond acceptors (Lipinski definition) is 3. The molecule has 2 N–H and O–H groups in total. The van der Waals surface area contributed by atoms with E-state index in [0.717, 1.165) is 32.2 Å². The summed E-state index contributed by atoms with van der Waals surface area (Å²) in [5.74, 6) is 0. The quantitative estimate of drug-likeness (QED) is 0.674. The fourth-order valence-corrected chi connectivity index (χ4v) is 1.82. The Labute approximate surface area is 92.5 Å². The zero-order valence-electron chi connectivity index (χ0n) is 9.84. The Balaban J connectivity index is 2.24. The summed E-state index contributed by atoms with van der Waals surface area (Å²) in [6.07, 6.45) is 4.52. The molecule has 1 rings (SSSR count). The number of aliphatic hydroxyl groups is 1. The molecule has 0 aromatic rings. The summed E-state index contributed by atoms with van der Waals surface area (Å²) in [5.41, 5.74) is -0.333. The third-order valence-electron chi connectivity index (χ3n) is 3.68. The lowest BCUT2D eigenvalue weighted by atomic mass is 9.96. The SMILES string of the molecule is CCC(O)(CC)CNCC1(CC#N)CC1. The number of nitriles is 1.